The van der Waals surface area contributed by atoms with Crippen LogP contribution < -0.4 is 5.32 Å². The van der Waals surface area contributed by atoms with Crippen molar-refractivity contribution in [3.8, 4) is 0 Å². The molecule has 0 aliphatic carbocycles. The summed E-state index contributed by atoms with van der Waals surface area (Å²) in [5.41, 5.74) is 0. The van der Waals surface area contributed by atoms with Gasteiger partial charge in [0.05, 0.1) is 24.9 Å². The molecule has 256 valence electrons. The van der Waals surface area contributed by atoms with Gasteiger partial charge in [0.25, 0.3) is 0 Å². The highest BCUT2D eigenvalue weighted by molar-refractivity contribution is 5.76. The van der Waals surface area contributed by atoms with Crippen molar-refractivity contribution in [1.82, 2.24) is 5.32 Å². The standard InChI is InChI=1S/C38H69NO5/c1-3-5-7-9-11-12-13-14-15-19-23-27-31-36(42)38(44)35(33-40)39-37(43)32-28-24-20-17-16-18-22-26-30-34(41)29-25-21-10-8-6-4-2/h17-18,20-22,25-26,30,34-36,38,40-42,44H,3-16,19,23-24,27-29,31-33H2,1-2H3,(H,39,43)/b20-17-,22-18-,25-21-,30-26+/t34-,35-,36+,38+/m0/s1. The highest BCUT2D eigenvalue weighted by atomic mass is 16.3. The van der Waals surface area contributed by atoms with E-state index in [1.54, 1.807) is 6.08 Å². The van der Waals surface area contributed by atoms with Crippen LogP contribution in [0.4, 0.5) is 0 Å². The number of carbonyl (C=O) groups is 1. The van der Waals surface area contributed by atoms with E-state index in [-0.39, 0.29) is 5.91 Å². The van der Waals surface area contributed by atoms with Gasteiger partial charge in [-0.1, -0.05) is 152 Å². The van der Waals surface area contributed by atoms with E-state index in [4.69, 9.17) is 0 Å². The van der Waals surface area contributed by atoms with E-state index in [2.05, 4.69) is 25.2 Å². The lowest BCUT2D eigenvalue weighted by Gasteiger charge is -2.26. The van der Waals surface area contributed by atoms with Gasteiger partial charge in [0.15, 0.2) is 0 Å². The van der Waals surface area contributed by atoms with Crippen molar-refractivity contribution in [2.45, 2.75) is 179 Å². The van der Waals surface area contributed by atoms with Crippen molar-refractivity contribution in [2.24, 2.45) is 0 Å². The molecule has 6 nitrogen and oxygen atoms in total. The summed E-state index contributed by atoms with van der Waals surface area (Å²) in [7, 11) is 0. The summed E-state index contributed by atoms with van der Waals surface area (Å²) in [6.07, 6.45) is 36.5. The molecule has 1 amide bonds. The first-order valence-electron chi connectivity index (χ1n) is 18.0. The molecule has 0 saturated carbocycles. The van der Waals surface area contributed by atoms with Crippen LogP contribution in [0.2, 0.25) is 0 Å². The number of aliphatic hydroxyl groups excluding tert-OH is 4. The smallest absolute Gasteiger partial charge is 0.220 e. The molecule has 0 aromatic carbocycles. The summed E-state index contributed by atoms with van der Waals surface area (Å²) in [5.74, 6) is -0.228. The van der Waals surface area contributed by atoms with Crippen LogP contribution in [0, 0.1) is 0 Å². The van der Waals surface area contributed by atoms with Gasteiger partial charge in [-0.05, 0) is 44.9 Å². The molecule has 44 heavy (non-hydrogen) atoms. The number of nitrogens with one attached hydrogen (secondary N) is 1. The van der Waals surface area contributed by atoms with Crippen LogP contribution in [-0.4, -0.2) is 57.3 Å². The zero-order valence-corrected chi connectivity index (χ0v) is 28.4. The fourth-order valence-electron chi connectivity index (χ4n) is 5.12. The van der Waals surface area contributed by atoms with E-state index in [1.807, 2.05) is 36.5 Å². The second kappa shape index (κ2) is 32.7. The number of hydrogen-bond donors (Lipinski definition) is 5. The number of aliphatic hydroxyl groups is 4. The van der Waals surface area contributed by atoms with Crippen LogP contribution in [0.3, 0.4) is 0 Å². The first kappa shape index (κ1) is 42.3. The number of allylic oxidation sites excluding steroid dienone is 6. The van der Waals surface area contributed by atoms with Crippen LogP contribution >= 0.6 is 0 Å². The van der Waals surface area contributed by atoms with Crippen LogP contribution in [-0.2, 0) is 4.79 Å². The van der Waals surface area contributed by atoms with E-state index in [9.17, 15) is 25.2 Å². The zero-order valence-electron chi connectivity index (χ0n) is 28.4. The first-order valence-corrected chi connectivity index (χ1v) is 18.0. The minimum atomic E-state index is -1.18. The molecule has 6 heteroatoms. The summed E-state index contributed by atoms with van der Waals surface area (Å²) < 4.78 is 0. The van der Waals surface area contributed by atoms with E-state index >= 15 is 0 Å². The summed E-state index contributed by atoms with van der Waals surface area (Å²) in [6, 6.07) is -0.858. The van der Waals surface area contributed by atoms with Gasteiger partial charge < -0.3 is 25.7 Å². The average molecular weight is 620 g/mol. The van der Waals surface area contributed by atoms with Crippen molar-refractivity contribution < 1.29 is 25.2 Å². The zero-order chi connectivity index (χ0) is 32.5. The lowest BCUT2D eigenvalue weighted by atomic mass is 9.99. The molecule has 0 bridgehead atoms. The second-order valence-corrected chi connectivity index (χ2v) is 12.3. The molecule has 5 N–H and O–H groups in total. The van der Waals surface area contributed by atoms with Gasteiger partial charge in [0, 0.05) is 6.42 Å². The largest absolute Gasteiger partial charge is 0.394 e. The minimum absolute atomic E-state index is 0.228. The van der Waals surface area contributed by atoms with Crippen molar-refractivity contribution >= 4 is 5.91 Å². The van der Waals surface area contributed by atoms with Crippen molar-refractivity contribution in [3.63, 3.8) is 0 Å². The molecule has 0 heterocycles. The van der Waals surface area contributed by atoms with Gasteiger partial charge in [0.2, 0.25) is 5.91 Å². The van der Waals surface area contributed by atoms with E-state index in [0.717, 1.165) is 38.5 Å². The Morgan fingerprint density at radius 2 is 1.23 bits per heavy atom. The Hall–Kier alpha value is -1.73. The third-order valence-corrected chi connectivity index (χ3v) is 8.02. The molecule has 0 aliphatic heterocycles. The second-order valence-electron chi connectivity index (χ2n) is 12.3. The lowest BCUT2D eigenvalue weighted by Crippen LogP contribution is -2.50. The van der Waals surface area contributed by atoms with Crippen LogP contribution in [0.5, 0.6) is 0 Å². The van der Waals surface area contributed by atoms with Gasteiger partial charge >= 0.3 is 0 Å². The van der Waals surface area contributed by atoms with Crippen LogP contribution in [0.15, 0.2) is 48.6 Å². The monoisotopic (exact) mass is 620 g/mol. The summed E-state index contributed by atoms with van der Waals surface area (Å²) in [4.78, 5) is 12.3. The summed E-state index contributed by atoms with van der Waals surface area (Å²) in [5, 5.41) is 43.2. The van der Waals surface area contributed by atoms with E-state index in [1.165, 1.54) is 77.0 Å². The Morgan fingerprint density at radius 3 is 1.86 bits per heavy atom. The van der Waals surface area contributed by atoms with Crippen molar-refractivity contribution in [3.05, 3.63) is 48.6 Å². The maximum atomic E-state index is 12.3. The maximum Gasteiger partial charge on any atom is 0.220 e. The number of carbonyl (C=O) groups excluding carboxylic acids is 1. The molecule has 4 atom stereocenters. The highest BCUT2D eigenvalue weighted by Crippen LogP contribution is 2.15. The predicted molar refractivity (Wildman–Crippen MR) is 187 cm³/mol. The average Bonchev–Trinajstić information content (AvgIpc) is 3.02. The Balaban J connectivity index is 3.93. The Bertz CT molecular complexity index is 748. The fraction of sp³-hybridized carbons (Fsp3) is 0.763. The van der Waals surface area contributed by atoms with Gasteiger partial charge in [-0.15, -0.1) is 0 Å². The van der Waals surface area contributed by atoms with Crippen molar-refractivity contribution in [2.75, 3.05) is 6.61 Å². The number of hydrogen-bond acceptors (Lipinski definition) is 5. The van der Waals surface area contributed by atoms with Gasteiger partial charge in [-0.3, -0.25) is 4.79 Å². The minimum Gasteiger partial charge on any atom is -0.394 e. The summed E-state index contributed by atoms with van der Waals surface area (Å²) >= 11 is 0. The van der Waals surface area contributed by atoms with Gasteiger partial charge in [-0.25, -0.2) is 0 Å². The SMILES string of the molecule is CCCCC/C=C\C[C@H](O)/C=C/C=C\C/C=C\CCCC(=O)N[C@@H](CO)[C@@H](O)[C@H](O)CCCCCCCCCCCCCC. The molecule has 0 rings (SSSR count). The van der Waals surface area contributed by atoms with Crippen LogP contribution in [0.1, 0.15) is 155 Å². The molecule has 0 fully saturated rings. The van der Waals surface area contributed by atoms with Gasteiger partial charge in [-0.2, -0.15) is 0 Å². The first-order chi connectivity index (χ1) is 21.5. The Labute approximate surface area is 270 Å². The maximum absolute atomic E-state index is 12.3. The molecule has 0 saturated heterocycles. The Kier molecular flexibility index (Phi) is 31.4. The molecular weight excluding hydrogens is 550 g/mol. The molecule has 0 aliphatic rings. The van der Waals surface area contributed by atoms with E-state index in [0.29, 0.717) is 25.7 Å². The molecule has 0 radical (unpaired) electrons. The number of rotatable bonds is 31. The third-order valence-electron chi connectivity index (χ3n) is 8.02. The van der Waals surface area contributed by atoms with Gasteiger partial charge in [0.1, 0.15) is 6.10 Å². The van der Waals surface area contributed by atoms with Crippen molar-refractivity contribution in [1.29, 1.82) is 0 Å². The number of unbranched alkanes of at least 4 members (excludes halogenated alkanes) is 15. The topological polar surface area (TPSA) is 110 Å². The molecule has 0 spiro atoms. The molecule has 0 unspecified atom stereocenters. The predicted octanol–water partition coefficient (Wildman–Crippen LogP) is 8.39. The lowest BCUT2D eigenvalue weighted by molar-refractivity contribution is -0.124. The highest BCUT2D eigenvalue weighted by Gasteiger charge is 2.26. The summed E-state index contributed by atoms with van der Waals surface area (Å²) in [6.45, 7) is 4.03. The molecule has 0 aromatic rings. The third kappa shape index (κ3) is 27.8. The van der Waals surface area contributed by atoms with Crippen LogP contribution in [0.25, 0.3) is 0 Å². The quantitative estimate of drug-likeness (QED) is 0.0304. The number of amides is 1. The molecular formula is C38H69NO5. The van der Waals surface area contributed by atoms with E-state index < -0.39 is 31.0 Å². The normalized spacial score (nSPS) is 15.1. The fourth-order valence-corrected chi connectivity index (χ4v) is 5.12. The Morgan fingerprint density at radius 1 is 0.659 bits per heavy atom. The molecule has 0 aromatic heterocycles.